The Kier molecular flexibility index (Phi) is 3.58. The van der Waals surface area contributed by atoms with Crippen LogP contribution in [-0.4, -0.2) is 21.0 Å². The monoisotopic (exact) mass is 323 g/mol. The van der Waals surface area contributed by atoms with Crippen LogP contribution in [0.4, 0.5) is 0 Å². The number of pyridine rings is 1. The van der Waals surface area contributed by atoms with Crippen LogP contribution < -0.4 is 5.32 Å². The molecule has 3 heterocycles. The van der Waals surface area contributed by atoms with Gasteiger partial charge in [0.15, 0.2) is 0 Å². The smallest absolute Gasteiger partial charge is 0.271 e. The lowest BCUT2D eigenvalue weighted by molar-refractivity contribution is 0.0930. The second-order valence-corrected chi connectivity index (χ2v) is 6.93. The lowest BCUT2D eigenvalue weighted by Gasteiger charge is -2.25. The zero-order valence-corrected chi connectivity index (χ0v) is 13.6. The van der Waals surface area contributed by atoms with Crippen molar-refractivity contribution in [1.29, 1.82) is 0 Å². The normalized spacial score (nSPS) is 17.0. The van der Waals surface area contributed by atoms with E-state index < -0.39 is 0 Å². The average molecular weight is 323 g/mol. The Morgan fingerprint density at radius 1 is 1.35 bits per heavy atom. The number of thioether (sulfide) groups is 1. The number of amides is 1. The molecule has 0 bridgehead atoms. The number of carbonyl (C=O) groups excluding carboxylic acids is 1. The molecular formula is C18H17N3OS. The molecule has 1 amide bonds. The lowest BCUT2D eigenvalue weighted by Crippen LogP contribution is -2.30. The second-order valence-electron chi connectivity index (χ2n) is 5.80. The number of fused-ring (bicyclic) bond motifs is 2. The van der Waals surface area contributed by atoms with Crippen LogP contribution in [0.2, 0.25) is 0 Å². The molecule has 23 heavy (non-hydrogen) atoms. The Morgan fingerprint density at radius 2 is 2.22 bits per heavy atom. The van der Waals surface area contributed by atoms with E-state index >= 15 is 0 Å². The second kappa shape index (κ2) is 5.74. The van der Waals surface area contributed by atoms with Gasteiger partial charge in [0.1, 0.15) is 11.3 Å². The Hall–Kier alpha value is -2.27. The summed E-state index contributed by atoms with van der Waals surface area (Å²) in [5.41, 5.74) is 3.60. The third-order valence-electron chi connectivity index (χ3n) is 4.11. The van der Waals surface area contributed by atoms with E-state index in [1.807, 2.05) is 53.5 Å². The van der Waals surface area contributed by atoms with Crippen molar-refractivity contribution in [2.24, 2.45) is 0 Å². The number of nitrogens with one attached hydrogen (secondary N) is 1. The van der Waals surface area contributed by atoms with E-state index in [9.17, 15) is 4.79 Å². The van der Waals surface area contributed by atoms with Crippen molar-refractivity contribution in [3.8, 4) is 0 Å². The van der Waals surface area contributed by atoms with E-state index in [1.54, 1.807) is 6.20 Å². The highest BCUT2D eigenvalue weighted by molar-refractivity contribution is 7.99. The van der Waals surface area contributed by atoms with Gasteiger partial charge in [-0.25, -0.2) is 4.98 Å². The van der Waals surface area contributed by atoms with Crippen molar-refractivity contribution in [2.45, 2.75) is 24.3 Å². The van der Waals surface area contributed by atoms with E-state index in [-0.39, 0.29) is 11.9 Å². The van der Waals surface area contributed by atoms with E-state index in [0.717, 1.165) is 23.4 Å². The predicted molar refractivity (Wildman–Crippen MR) is 91.9 cm³/mol. The van der Waals surface area contributed by atoms with E-state index in [0.29, 0.717) is 5.69 Å². The summed E-state index contributed by atoms with van der Waals surface area (Å²) in [6, 6.07) is 12.3. The molecule has 2 aromatic heterocycles. The molecule has 1 unspecified atom stereocenters. The number of aryl methyl sites for hydroxylation is 1. The van der Waals surface area contributed by atoms with Crippen LogP contribution in [-0.2, 0) is 0 Å². The number of hydrogen-bond donors (Lipinski definition) is 1. The average Bonchev–Trinajstić information content (AvgIpc) is 2.98. The Labute approximate surface area is 138 Å². The van der Waals surface area contributed by atoms with Crippen molar-refractivity contribution in [3.05, 3.63) is 65.6 Å². The van der Waals surface area contributed by atoms with Crippen molar-refractivity contribution < 1.29 is 4.79 Å². The maximum atomic E-state index is 12.6. The van der Waals surface area contributed by atoms with Crippen LogP contribution in [0, 0.1) is 6.92 Å². The van der Waals surface area contributed by atoms with Gasteiger partial charge in [0.05, 0.1) is 6.04 Å². The molecule has 3 aromatic rings. The van der Waals surface area contributed by atoms with E-state index in [4.69, 9.17) is 0 Å². The molecule has 0 aliphatic carbocycles. The van der Waals surface area contributed by atoms with Gasteiger partial charge in [-0.2, -0.15) is 0 Å². The fourth-order valence-corrected chi connectivity index (χ4v) is 4.04. The number of rotatable bonds is 2. The highest BCUT2D eigenvalue weighted by atomic mass is 32.2. The maximum absolute atomic E-state index is 12.6. The first-order chi connectivity index (χ1) is 11.2. The molecule has 1 atom stereocenters. The summed E-state index contributed by atoms with van der Waals surface area (Å²) < 4.78 is 1.88. The number of nitrogens with zero attached hydrogens (tertiary/aromatic N) is 2. The number of carbonyl (C=O) groups is 1. The summed E-state index contributed by atoms with van der Waals surface area (Å²) in [4.78, 5) is 18.3. The number of aromatic nitrogens is 2. The summed E-state index contributed by atoms with van der Waals surface area (Å²) in [6.07, 6.45) is 4.66. The van der Waals surface area contributed by atoms with Crippen molar-refractivity contribution in [1.82, 2.24) is 14.7 Å². The molecular weight excluding hydrogens is 306 g/mol. The van der Waals surface area contributed by atoms with Gasteiger partial charge in [-0.3, -0.25) is 4.79 Å². The third kappa shape index (κ3) is 2.72. The van der Waals surface area contributed by atoms with Crippen LogP contribution >= 0.6 is 11.8 Å². The first-order valence-electron chi connectivity index (χ1n) is 7.69. The number of hydrogen-bond acceptors (Lipinski definition) is 3. The first kappa shape index (κ1) is 14.3. The zero-order chi connectivity index (χ0) is 15.8. The fourth-order valence-electron chi connectivity index (χ4n) is 2.92. The molecule has 1 aliphatic heterocycles. The van der Waals surface area contributed by atoms with Gasteiger partial charge in [-0.05, 0) is 42.7 Å². The fraction of sp³-hybridized carbons (Fsp3) is 0.222. The van der Waals surface area contributed by atoms with Gasteiger partial charge in [-0.15, -0.1) is 11.8 Å². The molecule has 0 spiro atoms. The predicted octanol–water partition coefficient (Wildman–Crippen LogP) is 3.61. The van der Waals surface area contributed by atoms with E-state index in [1.165, 1.54) is 10.5 Å². The molecule has 0 radical (unpaired) electrons. The third-order valence-corrected chi connectivity index (χ3v) is 5.23. The molecule has 1 aliphatic rings. The quantitative estimate of drug-likeness (QED) is 0.783. The summed E-state index contributed by atoms with van der Waals surface area (Å²) in [5, 5.41) is 3.14. The topological polar surface area (TPSA) is 46.4 Å². The Bertz CT molecular complexity index is 887. The number of benzene rings is 1. The van der Waals surface area contributed by atoms with Gasteiger partial charge in [0, 0.05) is 23.0 Å². The van der Waals surface area contributed by atoms with Crippen molar-refractivity contribution in [3.63, 3.8) is 0 Å². The Balaban J connectivity index is 1.60. The molecule has 0 saturated heterocycles. The zero-order valence-electron chi connectivity index (χ0n) is 12.8. The first-order valence-corrected chi connectivity index (χ1v) is 8.67. The molecule has 1 aromatic carbocycles. The van der Waals surface area contributed by atoms with Gasteiger partial charge in [0.25, 0.3) is 5.91 Å². The van der Waals surface area contributed by atoms with Gasteiger partial charge >= 0.3 is 0 Å². The van der Waals surface area contributed by atoms with Crippen LogP contribution in [0.25, 0.3) is 5.65 Å². The lowest BCUT2D eigenvalue weighted by atomic mass is 10.0. The molecule has 0 saturated carbocycles. The highest BCUT2D eigenvalue weighted by Crippen LogP contribution is 2.35. The minimum absolute atomic E-state index is 0.0616. The molecule has 4 nitrogen and oxygen atoms in total. The summed E-state index contributed by atoms with van der Waals surface area (Å²) >= 11 is 1.85. The summed E-state index contributed by atoms with van der Waals surface area (Å²) in [7, 11) is 0. The SMILES string of the molecule is Cc1ccn2cc(C(=O)NC3CCSc4ccccc43)nc2c1. The largest absolute Gasteiger partial charge is 0.344 e. The van der Waals surface area contributed by atoms with Gasteiger partial charge < -0.3 is 9.72 Å². The van der Waals surface area contributed by atoms with Gasteiger partial charge in [-0.1, -0.05) is 18.2 Å². The summed E-state index contributed by atoms with van der Waals surface area (Å²) in [6.45, 7) is 2.02. The molecule has 1 N–H and O–H groups in total. The molecule has 0 fully saturated rings. The maximum Gasteiger partial charge on any atom is 0.271 e. The molecule has 5 heteroatoms. The minimum atomic E-state index is -0.113. The van der Waals surface area contributed by atoms with Crippen molar-refractivity contribution >= 4 is 23.3 Å². The van der Waals surface area contributed by atoms with Crippen LogP contribution in [0.5, 0.6) is 0 Å². The minimum Gasteiger partial charge on any atom is -0.344 e. The summed E-state index contributed by atoms with van der Waals surface area (Å²) in [5.74, 6) is 0.907. The van der Waals surface area contributed by atoms with E-state index in [2.05, 4.69) is 22.4 Å². The van der Waals surface area contributed by atoms with Crippen LogP contribution in [0.1, 0.15) is 34.1 Å². The van der Waals surface area contributed by atoms with Crippen LogP contribution in [0.3, 0.4) is 0 Å². The molecule has 4 rings (SSSR count). The highest BCUT2D eigenvalue weighted by Gasteiger charge is 2.23. The van der Waals surface area contributed by atoms with Gasteiger partial charge in [0.2, 0.25) is 0 Å². The van der Waals surface area contributed by atoms with Crippen molar-refractivity contribution in [2.75, 3.05) is 5.75 Å². The standard InChI is InChI=1S/C18H17N3OS/c1-12-6-8-21-11-15(19-17(21)10-12)18(22)20-14-7-9-23-16-5-3-2-4-13(14)16/h2-6,8,10-11,14H,7,9H2,1H3,(H,20,22). The molecule has 116 valence electrons. The Morgan fingerprint density at radius 3 is 3.13 bits per heavy atom. The number of imidazole rings is 1. The van der Waals surface area contributed by atoms with Crippen LogP contribution in [0.15, 0.2) is 53.7 Å².